The van der Waals surface area contributed by atoms with Crippen LogP contribution in [0.2, 0.25) is 0 Å². The number of nitrogens with zero attached hydrogens (tertiary/aromatic N) is 4. The highest BCUT2D eigenvalue weighted by Crippen LogP contribution is 2.50. The fraction of sp³-hybridized carbons (Fsp3) is 0.833. The number of aliphatic imine (C=N–C) groups is 2. The fourth-order valence-electron chi connectivity index (χ4n) is 5.66. The maximum atomic E-state index is 13.1. The Hall–Kier alpha value is -1.58. The summed E-state index contributed by atoms with van der Waals surface area (Å²) in [4.78, 5) is 40.6. The van der Waals surface area contributed by atoms with Gasteiger partial charge in [-0.15, -0.1) is 0 Å². The smallest absolute Gasteiger partial charge is 0.225 e. The zero-order valence-corrected chi connectivity index (χ0v) is 23.9. The Bertz CT molecular complexity index is 835. The number of hydrogen-bond acceptors (Lipinski definition) is 9. The molecule has 11 heteroatoms. The SMILES string of the molecule is CC1(C)CC(C(=O)NCCN=C=S)C(C)(C)N1ON1C(C)(C)CC(C(=O)NCCN=C=S)C1(C)C. The molecule has 2 heterocycles. The highest BCUT2D eigenvalue weighted by Gasteiger charge is 2.61. The largest absolute Gasteiger partial charge is 0.354 e. The molecular formula is C24H40N6O3S2. The summed E-state index contributed by atoms with van der Waals surface area (Å²) in [5.74, 6) is -0.651. The minimum atomic E-state index is -0.591. The maximum Gasteiger partial charge on any atom is 0.225 e. The molecule has 2 aliphatic heterocycles. The number of amides is 2. The molecule has 35 heavy (non-hydrogen) atoms. The summed E-state index contributed by atoms with van der Waals surface area (Å²) in [7, 11) is 0. The van der Waals surface area contributed by atoms with Crippen molar-refractivity contribution in [2.24, 2.45) is 21.8 Å². The number of rotatable bonds is 10. The van der Waals surface area contributed by atoms with E-state index in [0.717, 1.165) is 0 Å². The maximum absolute atomic E-state index is 13.1. The van der Waals surface area contributed by atoms with Gasteiger partial charge >= 0.3 is 0 Å². The van der Waals surface area contributed by atoms with E-state index < -0.39 is 22.2 Å². The van der Waals surface area contributed by atoms with Crippen molar-refractivity contribution in [3.05, 3.63) is 0 Å². The van der Waals surface area contributed by atoms with Gasteiger partial charge in [0.1, 0.15) is 0 Å². The molecule has 0 aromatic heterocycles. The molecule has 2 N–H and O–H groups in total. The van der Waals surface area contributed by atoms with Crippen molar-refractivity contribution >= 4 is 46.6 Å². The summed E-state index contributed by atoms with van der Waals surface area (Å²) in [6, 6.07) is 0. The van der Waals surface area contributed by atoms with Gasteiger partial charge in [0.25, 0.3) is 0 Å². The molecule has 2 aliphatic rings. The second-order valence-corrected chi connectivity index (χ2v) is 12.0. The number of carbonyl (C=O) groups excluding carboxylic acids is 2. The lowest BCUT2D eigenvalue weighted by molar-refractivity contribution is -0.410. The first-order valence-corrected chi connectivity index (χ1v) is 12.9. The van der Waals surface area contributed by atoms with Crippen LogP contribution in [0.25, 0.3) is 0 Å². The summed E-state index contributed by atoms with van der Waals surface area (Å²) < 4.78 is 0. The summed E-state index contributed by atoms with van der Waals surface area (Å²) in [5, 5.41) is 14.4. The van der Waals surface area contributed by atoms with Crippen LogP contribution in [0.5, 0.6) is 0 Å². The van der Waals surface area contributed by atoms with Crippen LogP contribution in [0.3, 0.4) is 0 Å². The van der Waals surface area contributed by atoms with Crippen LogP contribution in [0.4, 0.5) is 0 Å². The lowest BCUT2D eigenvalue weighted by atomic mass is 9.86. The third-order valence-electron chi connectivity index (χ3n) is 7.23. The van der Waals surface area contributed by atoms with Crippen molar-refractivity contribution in [1.29, 1.82) is 0 Å². The van der Waals surface area contributed by atoms with Gasteiger partial charge in [-0.1, -0.05) is 0 Å². The van der Waals surface area contributed by atoms with Crippen LogP contribution >= 0.6 is 24.4 Å². The first-order valence-electron chi connectivity index (χ1n) is 12.0. The number of isothiocyanates is 2. The van der Waals surface area contributed by atoms with Gasteiger partial charge in [-0.3, -0.25) is 9.59 Å². The highest BCUT2D eigenvalue weighted by molar-refractivity contribution is 7.78. The van der Waals surface area contributed by atoms with Gasteiger partial charge in [-0.25, -0.2) is 14.9 Å². The van der Waals surface area contributed by atoms with E-state index in [9.17, 15) is 9.59 Å². The lowest BCUT2D eigenvalue weighted by Crippen LogP contribution is -2.60. The van der Waals surface area contributed by atoms with Gasteiger partial charge in [-0.05, 0) is 92.7 Å². The van der Waals surface area contributed by atoms with E-state index in [-0.39, 0.29) is 23.7 Å². The standard InChI is InChI=1S/C24H40N6O3S2/c1-21(2)13-17(19(31)27-11-9-25-15-34)23(5,6)29(21)33-30-22(3,4)14-18(24(30,7)8)20(32)28-12-10-26-16-35/h17-18H,9-14H2,1-8H3,(H,27,31)(H,28,32). The van der Waals surface area contributed by atoms with Gasteiger partial charge < -0.3 is 10.6 Å². The lowest BCUT2D eigenvalue weighted by Gasteiger charge is -2.48. The Morgan fingerprint density at radius 1 is 0.800 bits per heavy atom. The molecule has 0 spiro atoms. The van der Waals surface area contributed by atoms with Crippen molar-refractivity contribution in [2.75, 3.05) is 26.2 Å². The van der Waals surface area contributed by atoms with Crippen LogP contribution in [0, 0.1) is 11.8 Å². The average Bonchev–Trinajstić information content (AvgIpc) is 3.05. The fourth-order valence-corrected chi connectivity index (χ4v) is 5.84. The van der Waals surface area contributed by atoms with E-state index in [0.29, 0.717) is 39.0 Å². The zero-order chi connectivity index (χ0) is 26.7. The van der Waals surface area contributed by atoms with E-state index in [4.69, 9.17) is 4.94 Å². The molecule has 2 atom stereocenters. The number of hydrogen-bond donors (Lipinski definition) is 2. The molecule has 2 fully saturated rings. The molecule has 196 valence electrons. The molecular weight excluding hydrogens is 484 g/mol. The normalized spacial score (nSPS) is 26.4. The first kappa shape index (κ1) is 29.6. The first-order chi connectivity index (χ1) is 16.1. The van der Waals surface area contributed by atoms with E-state index >= 15 is 0 Å². The molecule has 2 unspecified atom stereocenters. The highest BCUT2D eigenvalue weighted by atomic mass is 32.1. The molecule has 0 bridgehead atoms. The monoisotopic (exact) mass is 524 g/mol. The van der Waals surface area contributed by atoms with Gasteiger partial charge in [0.15, 0.2) is 0 Å². The molecule has 2 amide bonds. The van der Waals surface area contributed by atoms with Gasteiger partial charge in [-0.2, -0.15) is 10.1 Å². The van der Waals surface area contributed by atoms with Crippen molar-refractivity contribution in [1.82, 2.24) is 20.8 Å². The third-order valence-corrected chi connectivity index (χ3v) is 7.49. The van der Waals surface area contributed by atoms with Crippen molar-refractivity contribution in [3.8, 4) is 0 Å². The summed E-state index contributed by atoms with van der Waals surface area (Å²) in [6.45, 7) is 18.1. The summed E-state index contributed by atoms with van der Waals surface area (Å²) in [6.07, 6.45) is 1.25. The van der Waals surface area contributed by atoms with Crippen LogP contribution in [-0.2, 0) is 14.5 Å². The van der Waals surface area contributed by atoms with Crippen LogP contribution in [0.15, 0.2) is 9.98 Å². The van der Waals surface area contributed by atoms with Crippen molar-refractivity contribution in [2.45, 2.75) is 90.4 Å². The Morgan fingerprint density at radius 3 is 1.46 bits per heavy atom. The van der Waals surface area contributed by atoms with Gasteiger partial charge in [0.2, 0.25) is 11.8 Å². The van der Waals surface area contributed by atoms with E-state index in [1.165, 1.54) is 0 Å². The molecule has 2 saturated heterocycles. The van der Waals surface area contributed by atoms with Crippen LogP contribution < -0.4 is 10.6 Å². The van der Waals surface area contributed by atoms with Crippen LogP contribution in [0.1, 0.15) is 68.2 Å². The predicted molar refractivity (Wildman–Crippen MR) is 143 cm³/mol. The zero-order valence-electron chi connectivity index (χ0n) is 22.2. The number of nitrogens with one attached hydrogen (secondary N) is 2. The third kappa shape index (κ3) is 6.41. The minimum Gasteiger partial charge on any atom is -0.354 e. The number of thiocarbonyl (C=S) groups is 2. The molecule has 0 aromatic rings. The molecule has 0 radical (unpaired) electrons. The number of hydroxylamine groups is 4. The molecule has 0 saturated carbocycles. The number of carbonyl (C=O) groups is 2. The second kappa shape index (κ2) is 11.2. The Morgan fingerprint density at radius 2 is 1.14 bits per heavy atom. The molecule has 0 aromatic carbocycles. The van der Waals surface area contributed by atoms with Crippen molar-refractivity contribution in [3.63, 3.8) is 0 Å². The van der Waals surface area contributed by atoms with E-state index in [1.807, 2.05) is 37.8 Å². The molecule has 0 aliphatic carbocycles. The van der Waals surface area contributed by atoms with Crippen molar-refractivity contribution < 1.29 is 14.5 Å². The molecule has 9 nitrogen and oxygen atoms in total. The second-order valence-electron chi connectivity index (χ2n) is 11.6. The quantitative estimate of drug-likeness (QED) is 0.257. The Kier molecular flexibility index (Phi) is 9.50. The van der Waals surface area contributed by atoms with Crippen LogP contribution in [-0.4, -0.2) is 80.6 Å². The topological polar surface area (TPSA) is 98.6 Å². The molecule has 2 rings (SSSR count). The average molecular weight is 525 g/mol. The minimum absolute atomic E-state index is 0.0371. The summed E-state index contributed by atoms with van der Waals surface area (Å²) >= 11 is 9.18. The van der Waals surface area contributed by atoms with Gasteiger partial charge in [0, 0.05) is 24.2 Å². The Balaban J connectivity index is 2.22. The van der Waals surface area contributed by atoms with E-state index in [1.54, 1.807) is 0 Å². The van der Waals surface area contributed by atoms with E-state index in [2.05, 4.69) is 83.1 Å². The summed E-state index contributed by atoms with van der Waals surface area (Å²) in [5.41, 5.74) is -2.01. The predicted octanol–water partition coefficient (Wildman–Crippen LogP) is 3.03. The Labute approximate surface area is 220 Å². The van der Waals surface area contributed by atoms with Gasteiger partial charge in [0.05, 0.1) is 46.3 Å².